The zero-order valence-electron chi connectivity index (χ0n) is 10.5. The maximum atomic E-state index is 12.3. The number of alkyl halides is 4. The summed E-state index contributed by atoms with van der Waals surface area (Å²) in [6.45, 7) is 5.17. The van der Waals surface area contributed by atoms with Crippen molar-refractivity contribution in [2.75, 3.05) is 31.6 Å². The molecule has 0 fully saturated rings. The molecule has 0 aliphatic rings. The van der Waals surface area contributed by atoms with Crippen molar-refractivity contribution in [2.45, 2.75) is 26.9 Å². The van der Waals surface area contributed by atoms with E-state index >= 15 is 0 Å². The molecule has 1 unspecified atom stereocenters. The number of nitrogens with zero attached hydrogens (tertiary/aromatic N) is 1. The van der Waals surface area contributed by atoms with Crippen molar-refractivity contribution >= 4 is 15.9 Å². The van der Waals surface area contributed by atoms with Crippen LogP contribution >= 0.6 is 15.9 Å². The number of aliphatic hydroxyl groups excluding tert-OH is 1. The van der Waals surface area contributed by atoms with Gasteiger partial charge in [-0.2, -0.15) is 13.2 Å². The summed E-state index contributed by atoms with van der Waals surface area (Å²) >= 11 is 3.34. The lowest BCUT2D eigenvalue weighted by molar-refractivity contribution is -0.148. The lowest BCUT2D eigenvalue weighted by Gasteiger charge is -2.34. The van der Waals surface area contributed by atoms with Gasteiger partial charge in [0.1, 0.15) is 0 Å². The maximum absolute atomic E-state index is 12.3. The van der Waals surface area contributed by atoms with Crippen LogP contribution in [0.15, 0.2) is 0 Å². The van der Waals surface area contributed by atoms with Gasteiger partial charge in [-0.3, -0.25) is 4.90 Å². The number of hydrogen-bond donors (Lipinski definition) is 1. The zero-order chi connectivity index (χ0) is 13.7. The van der Waals surface area contributed by atoms with Crippen LogP contribution < -0.4 is 0 Å². The molecule has 17 heavy (non-hydrogen) atoms. The Hall–Kier alpha value is 0.190. The molecule has 0 saturated carbocycles. The molecule has 0 saturated heterocycles. The Labute approximate surface area is 109 Å². The van der Waals surface area contributed by atoms with Crippen molar-refractivity contribution < 1.29 is 18.3 Å². The summed E-state index contributed by atoms with van der Waals surface area (Å²) in [4.78, 5) is 1.26. The fourth-order valence-electron chi connectivity index (χ4n) is 1.50. The van der Waals surface area contributed by atoms with Crippen LogP contribution in [0.3, 0.4) is 0 Å². The van der Waals surface area contributed by atoms with Gasteiger partial charge < -0.3 is 5.11 Å². The van der Waals surface area contributed by atoms with Gasteiger partial charge in [0, 0.05) is 18.4 Å². The van der Waals surface area contributed by atoms with Gasteiger partial charge in [-0.05, 0) is 11.3 Å². The molecule has 0 heterocycles. The van der Waals surface area contributed by atoms with E-state index in [4.69, 9.17) is 5.11 Å². The minimum atomic E-state index is -4.22. The van der Waals surface area contributed by atoms with Crippen LogP contribution in [0.4, 0.5) is 13.2 Å². The first-order valence-electron chi connectivity index (χ1n) is 5.56. The Balaban J connectivity index is 4.51. The molecule has 6 heteroatoms. The Morgan fingerprint density at radius 1 is 1.24 bits per heavy atom. The second kappa shape index (κ2) is 6.95. The van der Waals surface area contributed by atoms with Gasteiger partial charge in [0.05, 0.1) is 13.2 Å². The van der Waals surface area contributed by atoms with Crippen molar-refractivity contribution in [1.29, 1.82) is 0 Å². The summed E-state index contributed by atoms with van der Waals surface area (Å²) in [5.74, 6) is 0.108. The van der Waals surface area contributed by atoms with E-state index in [-0.39, 0.29) is 24.5 Å². The van der Waals surface area contributed by atoms with E-state index in [0.717, 1.165) is 0 Å². The van der Waals surface area contributed by atoms with E-state index in [2.05, 4.69) is 15.9 Å². The quantitative estimate of drug-likeness (QED) is 0.761. The van der Waals surface area contributed by atoms with E-state index in [0.29, 0.717) is 11.9 Å². The highest BCUT2D eigenvalue weighted by atomic mass is 79.9. The molecule has 0 aromatic heterocycles. The monoisotopic (exact) mass is 319 g/mol. The van der Waals surface area contributed by atoms with Gasteiger partial charge in [0.2, 0.25) is 0 Å². The van der Waals surface area contributed by atoms with Crippen molar-refractivity contribution in [1.82, 2.24) is 4.90 Å². The summed E-state index contributed by atoms with van der Waals surface area (Å²) < 4.78 is 37.0. The van der Waals surface area contributed by atoms with Crippen LogP contribution in [0, 0.1) is 11.3 Å². The lowest BCUT2D eigenvalue weighted by atomic mass is 9.82. The third kappa shape index (κ3) is 8.00. The summed E-state index contributed by atoms with van der Waals surface area (Å²) in [5, 5.41) is 9.45. The van der Waals surface area contributed by atoms with Crippen molar-refractivity contribution in [3.05, 3.63) is 0 Å². The van der Waals surface area contributed by atoms with Crippen molar-refractivity contribution in [2.24, 2.45) is 11.3 Å². The van der Waals surface area contributed by atoms with Crippen LogP contribution in [-0.2, 0) is 0 Å². The van der Waals surface area contributed by atoms with E-state index in [1.54, 1.807) is 0 Å². The van der Waals surface area contributed by atoms with Gasteiger partial charge in [-0.15, -0.1) is 0 Å². The summed E-state index contributed by atoms with van der Waals surface area (Å²) in [5.41, 5.74) is -0.0667. The third-order valence-corrected chi connectivity index (χ3v) is 3.49. The topological polar surface area (TPSA) is 23.5 Å². The lowest BCUT2D eigenvalue weighted by Crippen LogP contribution is -2.42. The molecular formula is C11H21BrF3NO. The highest BCUT2D eigenvalue weighted by Gasteiger charge is 2.33. The van der Waals surface area contributed by atoms with Crippen molar-refractivity contribution in [3.8, 4) is 0 Å². The van der Waals surface area contributed by atoms with E-state index in [1.807, 2.05) is 20.8 Å². The molecule has 0 aromatic rings. The average Bonchev–Trinajstić information content (AvgIpc) is 2.09. The van der Waals surface area contributed by atoms with E-state index in [1.165, 1.54) is 4.90 Å². The minimum absolute atomic E-state index is 0.0547. The predicted octanol–water partition coefficient (Wildman–Crippen LogP) is 2.90. The van der Waals surface area contributed by atoms with Gasteiger partial charge in [-0.1, -0.05) is 36.7 Å². The standard InChI is InChI=1S/C11H21BrF3NO/c1-10(2,3)9(6-12)7-16(4-5-17)8-11(13,14)15/h9,17H,4-8H2,1-3H3. The highest BCUT2D eigenvalue weighted by molar-refractivity contribution is 9.09. The first-order chi connectivity index (χ1) is 7.60. The Morgan fingerprint density at radius 3 is 2.06 bits per heavy atom. The molecule has 0 radical (unpaired) electrons. The van der Waals surface area contributed by atoms with Crippen LogP contribution in [0.1, 0.15) is 20.8 Å². The molecule has 0 aromatic carbocycles. The first kappa shape index (κ1) is 17.2. The number of rotatable bonds is 6. The molecule has 1 atom stereocenters. The molecule has 104 valence electrons. The third-order valence-electron chi connectivity index (χ3n) is 2.71. The Bertz CT molecular complexity index is 216. The average molecular weight is 320 g/mol. The molecule has 0 aliphatic carbocycles. The molecule has 0 bridgehead atoms. The van der Waals surface area contributed by atoms with Crippen LogP contribution in [-0.4, -0.2) is 47.8 Å². The molecule has 0 aliphatic heterocycles. The van der Waals surface area contributed by atoms with Gasteiger partial charge in [0.25, 0.3) is 0 Å². The molecule has 0 rings (SSSR count). The van der Waals surface area contributed by atoms with Gasteiger partial charge in [0.15, 0.2) is 0 Å². The normalized spacial score (nSPS) is 15.4. The van der Waals surface area contributed by atoms with Crippen LogP contribution in [0.25, 0.3) is 0 Å². The fourth-order valence-corrected chi connectivity index (χ4v) is 2.67. The number of aliphatic hydroxyl groups is 1. The van der Waals surface area contributed by atoms with E-state index in [9.17, 15) is 13.2 Å². The second-order valence-electron chi connectivity index (χ2n) is 5.29. The largest absolute Gasteiger partial charge is 0.401 e. The van der Waals surface area contributed by atoms with Crippen LogP contribution in [0.2, 0.25) is 0 Å². The molecule has 0 amide bonds. The van der Waals surface area contributed by atoms with Crippen molar-refractivity contribution in [3.63, 3.8) is 0 Å². The predicted molar refractivity (Wildman–Crippen MR) is 66.3 cm³/mol. The smallest absolute Gasteiger partial charge is 0.395 e. The minimum Gasteiger partial charge on any atom is -0.395 e. The molecule has 0 spiro atoms. The maximum Gasteiger partial charge on any atom is 0.401 e. The van der Waals surface area contributed by atoms with Crippen LogP contribution in [0.5, 0.6) is 0 Å². The first-order valence-corrected chi connectivity index (χ1v) is 6.68. The summed E-state index contributed by atoms with van der Waals surface area (Å²) in [6.07, 6.45) is -4.22. The van der Waals surface area contributed by atoms with Gasteiger partial charge in [-0.25, -0.2) is 0 Å². The van der Waals surface area contributed by atoms with Gasteiger partial charge >= 0.3 is 6.18 Å². The Morgan fingerprint density at radius 2 is 1.76 bits per heavy atom. The summed E-state index contributed by atoms with van der Waals surface area (Å²) in [6, 6.07) is 0. The molecule has 2 nitrogen and oxygen atoms in total. The molecule has 1 N–H and O–H groups in total. The highest BCUT2D eigenvalue weighted by Crippen LogP contribution is 2.29. The molecular weight excluding hydrogens is 299 g/mol. The summed E-state index contributed by atoms with van der Waals surface area (Å²) in [7, 11) is 0. The zero-order valence-corrected chi connectivity index (χ0v) is 12.1. The van der Waals surface area contributed by atoms with E-state index < -0.39 is 12.7 Å². The number of halogens is 4. The second-order valence-corrected chi connectivity index (χ2v) is 5.94. The number of hydrogen-bond acceptors (Lipinski definition) is 2. The Kier molecular flexibility index (Phi) is 7.02. The SMILES string of the molecule is CC(C)(C)C(CBr)CN(CCO)CC(F)(F)F. The fraction of sp³-hybridized carbons (Fsp3) is 1.00.